The molecule has 7 nitrogen and oxygen atoms in total. The van der Waals surface area contributed by atoms with Gasteiger partial charge in [-0.3, -0.25) is 9.10 Å². The lowest BCUT2D eigenvalue weighted by atomic mass is 10.0. The Hall–Kier alpha value is -3.52. The van der Waals surface area contributed by atoms with Crippen LogP contribution in [0.1, 0.15) is 30.9 Å². The van der Waals surface area contributed by atoms with Gasteiger partial charge >= 0.3 is 0 Å². The fourth-order valence-corrected chi connectivity index (χ4v) is 5.25. The number of methoxy groups -OCH3 is 1. The van der Waals surface area contributed by atoms with Crippen LogP contribution < -0.4 is 19.1 Å². The summed E-state index contributed by atoms with van der Waals surface area (Å²) in [4.78, 5) is 13.2. The molecule has 34 heavy (non-hydrogen) atoms. The molecule has 178 valence electrons. The summed E-state index contributed by atoms with van der Waals surface area (Å²) in [6.45, 7) is 5.92. The molecule has 1 N–H and O–H groups in total. The van der Waals surface area contributed by atoms with E-state index in [4.69, 9.17) is 9.47 Å². The van der Waals surface area contributed by atoms with Crippen LogP contribution in [0.3, 0.4) is 0 Å². The van der Waals surface area contributed by atoms with Gasteiger partial charge in [0.05, 0.1) is 24.2 Å². The van der Waals surface area contributed by atoms with Gasteiger partial charge in [0.25, 0.3) is 15.9 Å². The van der Waals surface area contributed by atoms with E-state index in [0.717, 1.165) is 11.1 Å². The number of anilines is 2. The van der Waals surface area contributed by atoms with Crippen molar-refractivity contribution in [2.24, 2.45) is 0 Å². The summed E-state index contributed by atoms with van der Waals surface area (Å²) in [6, 6.07) is 19.0. The van der Waals surface area contributed by atoms with Crippen LogP contribution in [0.15, 0.2) is 71.6 Å². The molecule has 1 aliphatic rings. The van der Waals surface area contributed by atoms with Crippen molar-refractivity contribution in [2.75, 3.05) is 23.3 Å². The second-order valence-corrected chi connectivity index (χ2v) is 10.4. The van der Waals surface area contributed by atoms with Gasteiger partial charge in [-0.25, -0.2) is 8.42 Å². The van der Waals surface area contributed by atoms with Gasteiger partial charge in [-0.15, -0.1) is 0 Å². The van der Waals surface area contributed by atoms with Crippen LogP contribution in [0, 0.1) is 6.92 Å². The van der Waals surface area contributed by atoms with Gasteiger partial charge in [0, 0.05) is 5.69 Å². The Kier molecular flexibility index (Phi) is 6.52. The lowest BCUT2D eigenvalue weighted by molar-refractivity contribution is -0.122. The van der Waals surface area contributed by atoms with Gasteiger partial charge in [0.2, 0.25) is 0 Å². The minimum Gasteiger partial charge on any atom is -0.497 e. The molecule has 1 atom stereocenters. The van der Waals surface area contributed by atoms with Gasteiger partial charge in [-0.05, 0) is 72.5 Å². The number of hydrogen-bond donors (Lipinski definition) is 1. The number of hydrogen-bond acceptors (Lipinski definition) is 5. The van der Waals surface area contributed by atoms with Crippen LogP contribution in [0.5, 0.6) is 11.5 Å². The first-order valence-corrected chi connectivity index (χ1v) is 12.5. The lowest BCUT2D eigenvalue weighted by Crippen LogP contribution is -2.48. The number of nitrogens with zero attached hydrogens (tertiary/aromatic N) is 1. The van der Waals surface area contributed by atoms with Crippen molar-refractivity contribution in [3.05, 3.63) is 77.9 Å². The molecule has 0 aliphatic carbocycles. The van der Waals surface area contributed by atoms with Gasteiger partial charge in [-0.1, -0.05) is 32.0 Å². The molecule has 0 fully saturated rings. The summed E-state index contributed by atoms with van der Waals surface area (Å²) in [5.74, 6) is 0.860. The van der Waals surface area contributed by atoms with Crippen molar-refractivity contribution in [3.8, 4) is 11.5 Å². The molecule has 0 bridgehead atoms. The maximum atomic E-state index is 13.6. The standard InChI is InChI=1S/C26H28N2O5S/c1-17(2)19-6-8-20(9-7-19)27-26(29)25-16-28(23-14-5-18(3)15-24(23)33-25)34(30,31)22-12-10-21(32-4)11-13-22/h5-15,17,25H,16H2,1-4H3,(H,27,29)/t25-/m1/s1. The van der Waals surface area contributed by atoms with Gasteiger partial charge in [-0.2, -0.15) is 0 Å². The first-order valence-electron chi connectivity index (χ1n) is 11.0. The smallest absolute Gasteiger partial charge is 0.267 e. The summed E-state index contributed by atoms with van der Waals surface area (Å²) in [6.07, 6.45) is -1.02. The van der Waals surface area contributed by atoms with E-state index in [1.807, 2.05) is 37.3 Å². The monoisotopic (exact) mass is 480 g/mol. The van der Waals surface area contributed by atoms with E-state index < -0.39 is 22.0 Å². The molecule has 0 saturated heterocycles. The average molecular weight is 481 g/mol. The SMILES string of the molecule is COc1ccc(S(=O)(=O)N2C[C@H](C(=O)Nc3ccc(C(C)C)cc3)Oc3cc(C)ccc32)cc1. The topological polar surface area (TPSA) is 84.9 Å². The molecule has 1 heterocycles. The Labute approximate surface area is 200 Å². The highest BCUT2D eigenvalue weighted by Crippen LogP contribution is 2.38. The van der Waals surface area contributed by atoms with E-state index in [1.54, 1.807) is 24.3 Å². The number of rotatable bonds is 6. The van der Waals surface area contributed by atoms with Crippen LogP contribution in [0.4, 0.5) is 11.4 Å². The van der Waals surface area contributed by atoms with E-state index in [2.05, 4.69) is 19.2 Å². The van der Waals surface area contributed by atoms with Crippen LogP contribution >= 0.6 is 0 Å². The summed E-state index contributed by atoms with van der Waals surface area (Å²) in [5, 5.41) is 2.85. The summed E-state index contributed by atoms with van der Waals surface area (Å²) >= 11 is 0. The third-order valence-corrected chi connectivity index (χ3v) is 7.56. The van der Waals surface area contributed by atoms with Crippen molar-refractivity contribution >= 4 is 27.3 Å². The summed E-state index contributed by atoms with van der Waals surface area (Å²) in [5.41, 5.74) is 3.07. The molecule has 4 rings (SSSR count). The van der Waals surface area contributed by atoms with E-state index in [0.29, 0.717) is 28.8 Å². The Bertz CT molecular complexity index is 1290. The maximum absolute atomic E-state index is 13.6. The minimum atomic E-state index is -3.95. The zero-order chi connectivity index (χ0) is 24.5. The largest absolute Gasteiger partial charge is 0.497 e. The van der Waals surface area contributed by atoms with Crippen molar-refractivity contribution in [2.45, 2.75) is 37.7 Å². The van der Waals surface area contributed by atoms with Crippen molar-refractivity contribution in [1.82, 2.24) is 0 Å². The number of amides is 1. The van der Waals surface area contributed by atoms with Gasteiger partial charge in [0.15, 0.2) is 6.10 Å². The minimum absolute atomic E-state index is 0.102. The molecule has 1 aliphatic heterocycles. The summed E-state index contributed by atoms with van der Waals surface area (Å²) < 4.78 is 39.5. The molecule has 0 aromatic heterocycles. The number of aryl methyl sites for hydroxylation is 1. The fourth-order valence-electron chi connectivity index (χ4n) is 3.77. The maximum Gasteiger partial charge on any atom is 0.267 e. The van der Waals surface area contributed by atoms with Crippen molar-refractivity contribution in [3.63, 3.8) is 0 Å². The first-order chi connectivity index (χ1) is 16.2. The van der Waals surface area contributed by atoms with E-state index >= 15 is 0 Å². The second-order valence-electron chi connectivity index (χ2n) is 8.56. The molecular formula is C26H28N2O5S. The predicted molar refractivity (Wildman–Crippen MR) is 132 cm³/mol. The molecule has 0 saturated carbocycles. The van der Waals surface area contributed by atoms with Crippen LogP contribution in [0.2, 0.25) is 0 Å². The molecule has 8 heteroatoms. The number of carbonyl (C=O) groups is 1. The Morgan fingerprint density at radius 2 is 1.74 bits per heavy atom. The Morgan fingerprint density at radius 1 is 1.06 bits per heavy atom. The number of sulfonamides is 1. The zero-order valence-electron chi connectivity index (χ0n) is 19.6. The average Bonchev–Trinajstić information content (AvgIpc) is 2.83. The molecule has 0 unspecified atom stereocenters. The van der Waals surface area contributed by atoms with Gasteiger partial charge in [0.1, 0.15) is 11.5 Å². The lowest BCUT2D eigenvalue weighted by Gasteiger charge is -2.35. The fraction of sp³-hybridized carbons (Fsp3) is 0.269. The van der Waals surface area contributed by atoms with E-state index in [9.17, 15) is 13.2 Å². The van der Waals surface area contributed by atoms with Crippen molar-refractivity contribution in [1.29, 1.82) is 0 Å². The second kappa shape index (κ2) is 9.38. The Balaban J connectivity index is 1.64. The molecular weight excluding hydrogens is 452 g/mol. The number of fused-ring (bicyclic) bond motifs is 1. The highest BCUT2D eigenvalue weighted by Gasteiger charge is 2.37. The third-order valence-electron chi connectivity index (χ3n) is 5.77. The summed E-state index contributed by atoms with van der Waals surface area (Å²) in [7, 11) is -2.43. The number of carbonyl (C=O) groups excluding carboxylic acids is 1. The predicted octanol–water partition coefficient (Wildman–Crippen LogP) is 4.72. The molecule has 3 aromatic rings. The first kappa shape index (κ1) is 23.6. The highest BCUT2D eigenvalue weighted by molar-refractivity contribution is 7.92. The van der Waals surface area contributed by atoms with E-state index in [-0.39, 0.29) is 11.4 Å². The number of nitrogens with one attached hydrogen (secondary N) is 1. The van der Waals surface area contributed by atoms with Crippen LogP contribution in [0.25, 0.3) is 0 Å². The normalized spacial score (nSPS) is 15.4. The van der Waals surface area contributed by atoms with Crippen LogP contribution in [-0.4, -0.2) is 34.1 Å². The quantitative estimate of drug-likeness (QED) is 0.552. The third kappa shape index (κ3) is 4.72. The zero-order valence-corrected chi connectivity index (χ0v) is 20.4. The molecule has 0 radical (unpaired) electrons. The highest BCUT2D eigenvalue weighted by atomic mass is 32.2. The number of ether oxygens (including phenoxy) is 2. The van der Waals surface area contributed by atoms with E-state index in [1.165, 1.54) is 23.5 Å². The molecule has 1 amide bonds. The number of benzene rings is 3. The Morgan fingerprint density at radius 3 is 2.35 bits per heavy atom. The van der Waals surface area contributed by atoms with Crippen molar-refractivity contribution < 1.29 is 22.7 Å². The van der Waals surface area contributed by atoms with Gasteiger partial charge < -0.3 is 14.8 Å². The molecule has 3 aromatic carbocycles. The molecule has 0 spiro atoms. The van der Waals surface area contributed by atoms with Crippen LogP contribution in [-0.2, 0) is 14.8 Å².